The van der Waals surface area contributed by atoms with Crippen molar-refractivity contribution in [3.8, 4) is 5.75 Å². The zero-order valence-corrected chi connectivity index (χ0v) is 13.2. The Morgan fingerprint density at radius 1 is 0.960 bits per heavy atom. The molecule has 3 aromatic rings. The van der Waals surface area contributed by atoms with Crippen LogP contribution >= 0.6 is 0 Å². The first kappa shape index (κ1) is 15.9. The summed E-state index contributed by atoms with van der Waals surface area (Å²) in [5, 5.41) is 10.9. The van der Waals surface area contributed by atoms with E-state index in [1.54, 1.807) is 12.3 Å². The predicted molar refractivity (Wildman–Crippen MR) is 87.8 cm³/mol. The molecule has 0 unspecified atom stereocenters. The molecule has 1 aromatic heterocycles. The van der Waals surface area contributed by atoms with E-state index >= 15 is 0 Å². The van der Waals surface area contributed by atoms with Gasteiger partial charge in [-0.1, -0.05) is 18.2 Å². The SMILES string of the molecule is Oc1ccc2c3c(ccnc13)CN(Cc1ccc(C(F)(F)F)cc1)C2. The van der Waals surface area contributed by atoms with Crippen LogP contribution < -0.4 is 0 Å². The van der Waals surface area contributed by atoms with Crippen LogP contribution in [0.5, 0.6) is 5.75 Å². The molecule has 4 rings (SSSR count). The van der Waals surface area contributed by atoms with E-state index in [-0.39, 0.29) is 5.75 Å². The first-order chi connectivity index (χ1) is 11.9. The van der Waals surface area contributed by atoms with E-state index in [1.165, 1.54) is 12.1 Å². The van der Waals surface area contributed by atoms with Gasteiger partial charge in [-0.2, -0.15) is 13.2 Å². The first-order valence-electron chi connectivity index (χ1n) is 7.89. The van der Waals surface area contributed by atoms with Crippen LogP contribution in [0.2, 0.25) is 0 Å². The molecule has 0 amide bonds. The van der Waals surface area contributed by atoms with Gasteiger partial charge in [0, 0.05) is 31.2 Å². The Hall–Kier alpha value is -2.60. The van der Waals surface area contributed by atoms with Gasteiger partial charge < -0.3 is 5.11 Å². The fourth-order valence-corrected chi connectivity index (χ4v) is 3.37. The van der Waals surface area contributed by atoms with Crippen molar-refractivity contribution >= 4 is 10.9 Å². The summed E-state index contributed by atoms with van der Waals surface area (Å²) in [6.07, 6.45) is -2.64. The standard InChI is InChI=1S/C19H15F3N2O/c20-19(21,22)15-4-1-12(2-5-15)9-24-10-13-3-6-16(25)18-17(13)14(11-24)7-8-23-18/h1-8,25H,9-11H2. The van der Waals surface area contributed by atoms with Crippen molar-refractivity contribution in [2.75, 3.05) is 0 Å². The van der Waals surface area contributed by atoms with Crippen molar-refractivity contribution in [2.45, 2.75) is 25.8 Å². The van der Waals surface area contributed by atoms with Gasteiger partial charge in [0.25, 0.3) is 0 Å². The normalized spacial score (nSPS) is 14.8. The lowest BCUT2D eigenvalue weighted by atomic mass is 9.97. The van der Waals surface area contributed by atoms with Crippen LogP contribution in [0.3, 0.4) is 0 Å². The Labute approximate surface area is 142 Å². The Balaban J connectivity index is 1.59. The lowest BCUT2D eigenvalue weighted by Gasteiger charge is -2.29. The minimum Gasteiger partial charge on any atom is -0.506 e. The largest absolute Gasteiger partial charge is 0.506 e. The topological polar surface area (TPSA) is 36.4 Å². The highest BCUT2D eigenvalue weighted by Crippen LogP contribution is 2.34. The van der Waals surface area contributed by atoms with Gasteiger partial charge in [-0.3, -0.25) is 9.88 Å². The number of rotatable bonds is 2. The number of nitrogens with zero attached hydrogens (tertiary/aromatic N) is 2. The van der Waals surface area contributed by atoms with Crippen molar-refractivity contribution in [1.29, 1.82) is 0 Å². The van der Waals surface area contributed by atoms with Crippen LogP contribution in [0.25, 0.3) is 10.9 Å². The summed E-state index contributed by atoms with van der Waals surface area (Å²) in [4.78, 5) is 6.41. The van der Waals surface area contributed by atoms with Crippen LogP contribution in [-0.4, -0.2) is 15.0 Å². The quantitative estimate of drug-likeness (QED) is 0.745. The second kappa shape index (κ2) is 5.74. The molecule has 0 bridgehead atoms. The number of halogens is 3. The molecule has 0 aliphatic carbocycles. The average molecular weight is 344 g/mol. The van der Waals surface area contributed by atoms with Gasteiger partial charge in [0.1, 0.15) is 11.3 Å². The fourth-order valence-electron chi connectivity index (χ4n) is 3.37. The summed E-state index contributed by atoms with van der Waals surface area (Å²) in [6, 6.07) is 10.7. The number of aromatic hydroxyl groups is 1. The molecule has 1 aliphatic rings. The number of phenolic OH excluding ortho intramolecular Hbond substituents is 1. The molecule has 3 nitrogen and oxygen atoms in total. The van der Waals surface area contributed by atoms with Crippen LogP contribution in [0.15, 0.2) is 48.7 Å². The van der Waals surface area contributed by atoms with E-state index in [1.807, 2.05) is 12.1 Å². The summed E-state index contributed by atoms with van der Waals surface area (Å²) in [7, 11) is 0. The van der Waals surface area contributed by atoms with Crippen molar-refractivity contribution in [3.63, 3.8) is 0 Å². The minimum absolute atomic E-state index is 0.164. The van der Waals surface area contributed by atoms with Gasteiger partial charge in [-0.25, -0.2) is 0 Å². The molecule has 0 spiro atoms. The van der Waals surface area contributed by atoms with Crippen LogP contribution in [0.4, 0.5) is 13.2 Å². The van der Waals surface area contributed by atoms with Crippen molar-refractivity contribution in [1.82, 2.24) is 9.88 Å². The van der Waals surface area contributed by atoms with Gasteiger partial charge in [0.2, 0.25) is 0 Å². The Kier molecular flexibility index (Phi) is 3.65. The van der Waals surface area contributed by atoms with E-state index in [0.717, 1.165) is 34.2 Å². The number of alkyl halides is 3. The molecule has 0 fully saturated rings. The average Bonchev–Trinajstić information content (AvgIpc) is 2.58. The smallest absolute Gasteiger partial charge is 0.416 e. The van der Waals surface area contributed by atoms with E-state index < -0.39 is 11.7 Å². The van der Waals surface area contributed by atoms with Gasteiger partial charge >= 0.3 is 6.18 Å². The molecule has 2 heterocycles. The molecule has 6 heteroatoms. The maximum Gasteiger partial charge on any atom is 0.416 e. The van der Waals surface area contributed by atoms with Crippen LogP contribution in [0, 0.1) is 0 Å². The highest BCUT2D eigenvalue weighted by Gasteiger charge is 2.30. The van der Waals surface area contributed by atoms with Crippen molar-refractivity contribution in [3.05, 3.63) is 70.9 Å². The maximum absolute atomic E-state index is 12.7. The summed E-state index contributed by atoms with van der Waals surface area (Å²) < 4.78 is 38.0. The number of hydrogen-bond acceptors (Lipinski definition) is 3. The Morgan fingerprint density at radius 3 is 2.32 bits per heavy atom. The summed E-state index contributed by atoms with van der Waals surface area (Å²) in [5.41, 5.74) is 2.93. The molecule has 2 aromatic carbocycles. The van der Waals surface area contributed by atoms with E-state index in [4.69, 9.17) is 0 Å². The number of pyridine rings is 1. The lowest BCUT2D eigenvalue weighted by Crippen LogP contribution is -2.26. The van der Waals surface area contributed by atoms with Gasteiger partial charge in [0.15, 0.2) is 0 Å². The monoisotopic (exact) mass is 344 g/mol. The third kappa shape index (κ3) is 2.93. The van der Waals surface area contributed by atoms with Crippen molar-refractivity contribution in [2.24, 2.45) is 0 Å². The highest BCUT2D eigenvalue weighted by molar-refractivity contribution is 5.90. The highest BCUT2D eigenvalue weighted by atomic mass is 19.4. The molecular weight excluding hydrogens is 329 g/mol. The minimum atomic E-state index is -4.31. The molecule has 128 valence electrons. The van der Waals surface area contributed by atoms with E-state index in [0.29, 0.717) is 25.2 Å². The molecule has 1 aliphatic heterocycles. The molecule has 0 saturated carbocycles. The summed E-state index contributed by atoms with van der Waals surface area (Å²) >= 11 is 0. The zero-order chi connectivity index (χ0) is 17.6. The Morgan fingerprint density at radius 2 is 1.64 bits per heavy atom. The zero-order valence-electron chi connectivity index (χ0n) is 13.2. The molecule has 1 N–H and O–H groups in total. The second-order valence-corrected chi connectivity index (χ2v) is 6.28. The third-order valence-corrected chi connectivity index (χ3v) is 4.52. The summed E-state index contributed by atoms with van der Waals surface area (Å²) in [5.74, 6) is 0.164. The fraction of sp³-hybridized carbons (Fsp3) is 0.211. The van der Waals surface area contributed by atoms with Crippen molar-refractivity contribution < 1.29 is 18.3 Å². The second-order valence-electron chi connectivity index (χ2n) is 6.28. The number of phenols is 1. The third-order valence-electron chi connectivity index (χ3n) is 4.52. The Bertz CT molecular complexity index is 924. The van der Waals surface area contributed by atoms with Gasteiger partial charge in [0.05, 0.1) is 5.56 Å². The first-order valence-corrected chi connectivity index (χ1v) is 7.89. The maximum atomic E-state index is 12.7. The van der Waals surface area contributed by atoms with E-state index in [9.17, 15) is 18.3 Å². The molecule has 0 atom stereocenters. The molecule has 0 saturated heterocycles. The molecular formula is C19H15F3N2O. The number of hydrogen-bond donors (Lipinski definition) is 1. The lowest BCUT2D eigenvalue weighted by molar-refractivity contribution is -0.137. The molecule has 0 radical (unpaired) electrons. The van der Waals surface area contributed by atoms with Gasteiger partial charge in [-0.05, 0) is 41.0 Å². The number of aromatic nitrogens is 1. The summed E-state index contributed by atoms with van der Waals surface area (Å²) in [6.45, 7) is 1.88. The van der Waals surface area contributed by atoms with Crippen LogP contribution in [0.1, 0.15) is 22.3 Å². The predicted octanol–water partition coefficient (Wildman–Crippen LogP) is 4.48. The number of benzene rings is 2. The van der Waals surface area contributed by atoms with Crippen LogP contribution in [-0.2, 0) is 25.8 Å². The van der Waals surface area contributed by atoms with Gasteiger partial charge in [-0.15, -0.1) is 0 Å². The molecule has 25 heavy (non-hydrogen) atoms. The van der Waals surface area contributed by atoms with E-state index in [2.05, 4.69) is 9.88 Å².